The first kappa shape index (κ1) is 17.0. The lowest BCUT2D eigenvalue weighted by molar-refractivity contribution is 0.0947. The SMILES string of the molecule is O=C(c1ccccc1)[C@H]1O[C@@H]1c1ccc([C@@H]2O[C@@H]2C(=O)c2ccccc2)cc1. The van der Waals surface area contributed by atoms with Gasteiger partial charge in [0.05, 0.1) is 0 Å². The van der Waals surface area contributed by atoms with Gasteiger partial charge in [-0.05, 0) is 11.1 Å². The van der Waals surface area contributed by atoms with E-state index in [1.54, 1.807) is 24.3 Å². The van der Waals surface area contributed by atoms with Crippen LogP contribution in [0, 0.1) is 0 Å². The van der Waals surface area contributed by atoms with E-state index in [0.29, 0.717) is 11.1 Å². The summed E-state index contributed by atoms with van der Waals surface area (Å²) in [5.74, 6) is 0.0162. The van der Waals surface area contributed by atoms with Crippen LogP contribution in [0.3, 0.4) is 0 Å². The molecule has 0 aliphatic carbocycles. The van der Waals surface area contributed by atoms with Crippen LogP contribution in [0.15, 0.2) is 84.9 Å². The zero-order chi connectivity index (χ0) is 19.1. The monoisotopic (exact) mass is 370 g/mol. The van der Waals surface area contributed by atoms with Gasteiger partial charge in [0.1, 0.15) is 12.2 Å². The third kappa shape index (κ3) is 3.17. The van der Waals surface area contributed by atoms with Gasteiger partial charge in [-0.1, -0.05) is 84.9 Å². The van der Waals surface area contributed by atoms with Gasteiger partial charge >= 0.3 is 0 Å². The van der Waals surface area contributed by atoms with E-state index >= 15 is 0 Å². The van der Waals surface area contributed by atoms with E-state index in [1.807, 2.05) is 60.7 Å². The van der Waals surface area contributed by atoms with Gasteiger partial charge in [0.2, 0.25) is 0 Å². The van der Waals surface area contributed by atoms with Crippen LogP contribution in [0.1, 0.15) is 44.1 Å². The molecule has 2 heterocycles. The third-order valence-electron chi connectivity index (χ3n) is 5.21. The Kier molecular flexibility index (Phi) is 4.15. The summed E-state index contributed by atoms with van der Waals surface area (Å²) in [6.07, 6.45) is -1.25. The molecule has 3 aromatic carbocycles. The molecule has 2 fully saturated rings. The van der Waals surface area contributed by atoms with E-state index in [0.717, 1.165) is 11.1 Å². The number of carbonyl (C=O) groups excluding carboxylic acids is 2. The zero-order valence-corrected chi connectivity index (χ0v) is 15.0. The molecule has 138 valence electrons. The van der Waals surface area contributed by atoms with E-state index in [1.165, 1.54) is 0 Å². The van der Waals surface area contributed by atoms with Crippen molar-refractivity contribution in [3.63, 3.8) is 0 Å². The molecule has 0 amide bonds. The molecule has 0 N–H and O–H groups in total. The Labute approximate surface area is 162 Å². The van der Waals surface area contributed by atoms with Crippen molar-refractivity contribution in [1.82, 2.24) is 0 Å². The summed E-state index contributed by atoms with van der Waals surface area (Å²) in [7, 11) is 0. The van der Waals surface area contributed by atoms with Crippen molar-refractivity contribution in [2.75, 3.05) is 0 Å². The topological polar surface area (TPSA) is 59.2 Å². The van der Waals surface area contributed by atoms with Crippen molar-refractivity contribution in [2.24, 2.45) is 0 Å². The molecule has 4 nitrogen and oxygen atoms in total. The van der Waals surface area contributed by atoms with Crippen molar-refractivity contribution < 1.29 is 19.1 Å². The molecule has 0 radical (unpaired) electrons. The van der Waals surface area contributed by atoms with Gasteiger partial charge in [-0.3, -0.25) is 9.59 Å². The van der Waals surface area contributed by atoms with Crippen LogP contribution in [0.4, 0.5) is 0 Å². The molecule has 28 heavy (non-hydrogen) atoms. The number of hydrogen-bond acceptors (Lipinski definition) is 4. The van der Waals surface area contributed by atoms with Crippen LogP contribution in [0.2, 0.25) is 0 Å². The summed E-state index contributed by atoms with van der Waals surface area (Å²) in [6, 6.07) is 26.2. The number of ether oxygens (including phenoxy) is 2. The Morgan fingerprint density at radius 2 is 0.893 bits per heavy atom. The number of ketones is 2. The molecule has 3 aromatic rings. The third-order valence-corrected chi connectivity index (χ3v) is 5.21. The molecular weight excluding hydrogens is 352 g/mol. The molecule has 0 aromatic heterocycles. The van der Waals surface area contributed by atoms with Gasteiger partial charge in [0.25, 0.3) is 0 Å². The average molecular weight is 370 g/mol. The van der Waals surface area contributed by atoms with Gasteiger partial charge in [0, 0.05) is 11.1 Å². The Morgan fingerprint density at radius 3 is 1.25 bits per heavy atom. The van der Waals surface area contributed by atoms with Crippen LogP contribution in [0.25, 0.3) is 0 Å². The van der Waals surface area contributed by atoms with Crippen LogP contribution in [-0.4, -0.2) is 23.8 Å². The molecule has 0 spiro atoms. The smallest absolute Gasteiger partial charge is 0.194 e. The number of carbonyl (C=O) groups is 2. The minimum atomic E-state index is -0.419. The maximum atomic E-state index is 12.4. The highest BCUT2D eigenvalue weighted by Crippen LogP contribution is 2.44. The van der Waals surface area contributed by atoms with Crippen LogP contribution < -0.4 is 0 Å². The summed E-state index contributed by atoms with van der Waals surface area (Å²) in [5.41, 5.74) is 3.26. The predicted molar refractivity (Wildman–Crippen MR) is 103 cm³/mol. The Hall–Kier alpha value is -3.08. The molecule has 2 aliphatic rings. The maximum absolute atomic E-state index is 12.4. The summed E-state index contributed by atoms with van der Waals surface area (Å²) >= 11 is 0. The van der Waals surface area contributed by atoms with Gasteiger partial charge < -0.3 is 9.47 Å². The van der Waals surface area contributed by atoms with E-state index < -0.39 is 12.2 Å². The van der Waals surface area contributed by atoms with Crippen molar-refractivity contribution in [3.8, 4) is 0 Å². The maximum Gasteiger partial charge on any atom is 0.194 e. The molecule has 4 atom stereocenters. The number of epoxide rings is 2. The molecule has 4 heteroatoms. The van der Waals surface area contributed by atoms with Crippen molar-refractivity contribution >= 4 is 11.6 Å². The first-order valence-corrected chi connectivity index (χ1v) is 9.32. The normalized spacial score (nSPS) is 25.1. The van der Waals surface area contributed by atoms with Crippen molar-refractivity contribution in [1.29, 1.82) is 0 Å². The van der Waals surface area contributed by atoms with Crippen LogP contribution in [-0.2, 0) is 9.47 Å². The number of benzene rings is 3. The highest BCUT2D eigenvalue weighted by Gasteiger charge is 2.48. The highest BCUT2D eigenvalue weighted by atomic mass is 16.6. The second-order valence-corrected chi connectivity index (χ2v) is 7.08. The molecule has 5 rings (SSSR count). The number of rotatable bonds is 6. The quantitative estimate of drug-likeness (QED) is 0.479. The fraction of sp³-hybridized carbons (Fsp3) is 0.167. The van der Waals surface area contributed by atoms with E-state index in [-0.39, 0.29) is 23.8 Å². The summed E-state index contributed by atoms with van der Waals surface area (Å²) in [6.45, 7) is 0. The lowest BCUT2D eigenvalue weighted by Crippen LogP contribution is -2.08. The second kappa shape index (κ2) is 6.82. The van der Waals surface area contributed by atoms with Gasteiger partial charge in [-0.25, -0.2) is 0 Å². The fourth-order valence-electron chi connectivity index (χ4n) is 3.54. The number of hydrogen-bond donors (Lipinski definition) is 0. The largest absolute Gasteiger partial charge is 0.356 e. The molecule has 0 saturated carbocycles. The van der Waals surface area contributed by atoms with E-state index in [4.69, 9.17) is 9.47 Å². The van der Waals surface area contributed by atoms with Crippen LogP contribution in [0.5, 0.6) is 0 Å². The standard InChI is InChI=1S/C24H18O4/c25-19(15-7-3-1-4-8-15)23-21(27-23)17-11-13-18(14-12-17)22-24(28-22)20(26)16-9-5-2-6-10-16/h1-14,21-24H/t21-,22+,23-,24-/m1/s1. The molecule has 2 saturated heterocycles. The molecular formula is C24H18O4. The molecule has 0 bridgehead atoms. The first-order chi connectivity index (χ1) is 13.7. The lowest BCUT2D eigenvalue weighted by Gasteiger charge is -2.00. The van der Waals surface area contributed by atoms with Gasteiger partial charge in [-0.2, -0.15) is 0 Å². The van der Waals surface area contributed by atoms with E-state index in [2.05, 4.69) is 0 Å². The lowest BCUT2D eigenvalue weighted by atomic mass is 9.99. The zero-order valence-electron chi connectivity index (χ0n) is 15.0. The average Bonchev–Trinajstić information content (AvgIpc) is 3.68. The molecule has 0 unspecified atom stereocenters. The fourth-order valence-corrected chi connectivity index (χ4v) is 3.54. The predicted octanol–water partition coefficient (Wildman–Crippen LogP) is 4.33. The highest BCUT2D eigenvalue weighted by molar-refractivity contribution is 6.02. The first-order valence-electron chi connectivity index (χ1n) is 9.32. The Balaban J connectivity index is 1.23. The summed E-state index contributed by atoms with van der Waals surface area (Å²) in [5, 5.41) is 0. The van der Waals surface area contributed by atoms with Gasteiger partial charge in [-0.15, -0.1) is 0 Å². The minimum Gasteiger partial charge on any atom is -0.356 e. The molecule has 2 aliphatic heterocycles. The van der Waals surface area contributed by atoms with Crippen LogP contribution >= 0.6 is 0 Å². The minimum absolute atomic E-state index is 0.00808. The summed E-state index contributed by atoms with van der Waals surface area (Å²) in [4.78, 5) is 24.9. The van der Waals surface area contributed by atoms with E-state index in [9.17, 15) is 9.59 Å². The summed E-state index contributed by atoms with van der Waals surface area (Å²) < 4.78 is 11.2. The van der Waals surface area contributed by atoms with Crippen molar-refractivity contribution in [3.05, 3.63) is 107 Å². The van der Waals surface area contributed by atoms with Crippen molar-refractivity contribution in [2.45, 2.75) is 24.4 Å². The second-order valence-electron chi connectivity index (χ2n) is 7.08. The Bertz CT molecular complexity index is 927. The van der Waals surface area contributed by atoms with Gasteiger partial charge in [0.15, 0.2) is 23.8 Å². The Morgan fingerprint density at radius 1 is 0.536 bits per heavy atom. The number of Topliss-reactive ketones (excluding diaryl/α,β-unsaturated/α-hetero) is 2.